The van der Waals surface area contributed by atoms with E-state index in [9.17, 15) is 9.59 Å². The van der Waals surface area contributed by atoms with Crippen LogP contribution in [-0.2, 0) is 20.7 Å². The molecule has 0 aliphatic heterocycles. The number of hydrogen-bond donors (Lipinski definition) is 0. The summed E-state index contributed by atoms with van der Waals surface area (Å²) in [5, 5.41) is 0. The molecule has 1 unspecified atom stereocenters. The first-order chi connectivity index (χ1) is 11.7. The number of carbonyl (C=O) groups is 2. The van der Waals surface area contributed by atoms with Crippen LogP contribution >= 0.6 is 0 Å². The van der Waals surface area contributed by atoms with Crippen LogP contribution < -0.4 is 0 Å². The van der Waals surface area contributed by atoms with Crippen LogP contribution in [0.2, 0.25) is 0 Å². The van der Waals surface area contributed by atoms with Crippen LogP contribution in [0.3, 0.4) is 0 Å². The van der Waals surface area contributed by atoms with E-state index >= 15 is 0 Å². The Morgan fingerprint density at radius 1 is 1.04 bits per heavy atom. The van der Waals surface area contributed by atoms with Gasteiger partial charge in [-0.3, -0.25) is 9.59 Å². The second-order valence-electron chi connectivity index (χ2n) is 6.45. The van der Waals surface area contributed by atoms with Crippen LogP contribution in [0.5, 0.6) is 0 Å². The molecule has 0 fully saturated rings. The lowest BCUT2D eigenvalue weighted by molar-refractivity contribution is -0.149. The molecule has 0 saturated heterocycles. The Hall–Kier alpha value is -2.68. The second-order valence-corrected chi connectivity index (χ2v) is 6.45. The predicted molar refractivity (Wildman–Crippen MR) is 92.1 cm³/mol. The molecule has 0 radical (unpaired) electrons. The summed E-state index contributed by atoms with van der Waals surface area (Å²) in [4.78, 5) is 25.5. The van der Waals surface area contributed by atoms with Crippen molar-refractivity contribution < 1.29 is 14.3 Å². The smallest absolute Gasteiger partial charge is 0.316 e. The monoisotopic (exact) mass is 318 g/mol. The Labute approximate surface area is 141 Å². The molecule has 120 valence electrons. The largest absolute Gasteiger partial charge is 0.468 e. The van der Waals surface area contributed by atoms with Gasteiger partial charge in [0, 0.05) is 12.0 Å². The molecule has 4 rings (SSSR count). The Bertz CT molecular complexity index is 864. The fourth-order valence-electron chi connectivity index (χ4n) is 4.15. The summed E-state index contributed by atoms with van der Waals surface area (Å²) >= 11 is 0. The summed E-state index contributed by atoms with van der Waals surface area (Å²) in [6, 6.07) is 17.6. The van der Waals surface area contributed by atoms with Gasteiger partial charge in [-0.1, -0.05) is 54.6 Å². The summed E-state index contributed by atoms with van der Waals surface area (Å²) in [7, 11) is 1.43. The van der Waals surface area contributed by atoms with Gasteiger partial charge in [0.05, 0.1) is 12.5 Å². The molecule has 0 aromatic heterocycles. The highest BCUT2D eigenvalue weighted by Crippen LogP contribution is 2.56. The molecule has 0 N–H and O–H groups in total. The minimum Gasteiger partial charge on any atom is -0.468 e. The van der Waals surface area contributed by atoms with E-state index in [1.54, 1.807) is 0 Å². The zero-order valence-electron chi connectivity index (χ0n) is 13.5. The van der Waals surface area contributed by atoms with Gasteiger partial charge in [-0.2, -0.15) is 0 Å². The Kier molecular flexibility index (Phi) is 3.38. The minimum absolute atomic E-state index is 0.104. The first-order valence-corrected chi connectivity index (χ1v) is 8.17. The number of Topliss-reactive ketones (excluding diaryl/α,β-unsaturated/α-hetero) is 1. The molecule has 0 spiro atoms. The highest BCUT2D eigenvalue weighted by molar-refractivity contribution is 6.32. The van der Waals surface area contributed by atoms with E-state index in [4.69, 9.17) is 4.74 Å². The van der Waals surface area contributed by atoms with E-state index in [-0.39, 0.29) is 11.8 Å². The van der Waals surface area contributed by atoms with Gasteiger partial charge in [0.25, 0.3) is 0 Å². The third kappa shape index (κ3) is 1.97. The van der Waals surface area contributed by atoms with E-state index in [2.05, 4.69) is 0 Å². The molecule has 2 aliphatic rings. The molecular weight excluding hydrogens is 300 g/mol. The third-order valence-corrected chi connectivity index (χ3v) is 5.20. The van der Waals surface area contributed by atoms with Crippen molar-refractivity contribution in [2.45, 2.75) is 19.3 Å². The fraction of sp³-hybridized carbons (Fsp3) is 0.238. The fourth-order valence-corrected chi connectivity index (χ4v) is 4.15. The average molecular weight is 318 g/mol. The van der Waals surface area contributed by atoms with Crippen molar-refractivity contribution in [3.8, 4) is 0 Å². The van der Waals surface area contributed by atoms with Crippen LogP contribution in [-0.4, -0.2) is 18.9 Å². The van der Waals surface area contributed by atoms with Crippen molar-refractivity contribution in [2.75, 3.05) is 7.11 Å². The molecule has 0 saturated carbocycles. The van der Waals surface area contributed by atoms with E-state index in [0.29, 0.717) is 24.8 Å². The van der Waals surface area contributed by atoms with Gasteiger partial charge in [-0.05, 0) is 35.1 Å². The van der Waals surface area contributed by atoms with Crippen molar-refractivity contribution in [2.24, 2.45) is 5.41 Å². The molecule has 2 aromatic carbocycles. The number of hydrogen-bond acceptors (Lipinski definition) is 3. The number of allylic oxidation sites excluding steroid dienone is 1. The lowest BCUT2D eigenvalue weighted by Crippen LogP contribution is -2.36. The molecule has 1 atom stereocenters. The summed E-state index contributed by atoms with van der Waals surface area (Å²) < 4.78 is 5.16. The Balaban J connectivity index is 2.07. The standard InChI is InChI=1S/C21H18O3/c1-24-20(23)21-12-11-17(22)18(14-7-3-2-4-8-14)19(21)16-10-6-5-9-15(16)13-21/h2-10H,11-13H2,1H3. The number of benzene rings is 2. The average Bonchev–Trinajstić information content (AvgIpc) is 2.97. The number of esters is 1. The quantitative estimate of drug-likeness (QED) is 0.793. The molecule has 3 heteroatoms. The number of carbonyl (C=O) groups excluding carboxylic acids is 2. The molecule has 0 heterocycles. The molecule has 0 bridgehead atoms. The van der Waals surface area contributed by atoms with Gasteiger partial charge in [-0.15, -0.1) is 0 Å². The summed E-state index contributed by atoms with van der Waals surface area (Å²) in [5.74, 6) is -0.137. The van der Waals surface area contributed by atoms with E-state index in [1.807, 2.05) is 54.6 Å². The molecular formula is C21H18O3. The van der Waals surface area contributed by atoms with Gasteiger partial charge < -0.3 is 4.74 Å². The molecule has 2 aliphatic carbocycles. The topological polar surface area (TPSA) is 43.4 Å². The van der Waals surface area contributed by atoms with Crippen LogP contribution in [0, 0.1) is 5.41 Å². The number of ketones is 1. The Morgan fingerprint density at radius 3 is 2.50 bits per heavy atom. The Morgan fingerprint density at radius 2 is 1.75 bits per heavy atom. The number of methoxy groups -OCH3 is 1. The van der Waals surface area contributed by atoms with Crippen LogP contribution in [0.1, 0.15) is 29.5 Å². The van der Waals surface area contributed by atoms with Crippen LogP contribution in [0.4, 0.5) is 0 Å². The molecule has 3 nitrogen and oxygen atoms in total. The summed E-state index contributed by atoms with van der Waals surface area (Å²) in [6.45, 7) is 0. The highest BCUT2D eigenvalue weighted by atomic mass is 16.5. The van der Waals surface area contributed by atoms with Crippen LogP contribution in [0.25, 0.3) is 11.1 Å². The first kappa shape index (κ1) is 14.9. The number of ether oxygens (including phenoxy) is 1. The van der Waals surface area contributed by atoms with Crippen molar-refractivity contribution in [3.63, 3.8) is 0 Å². The van der Waals surface area contributed by atoms with Crippen molar-refractivity contribution >= 4 is 22.9 Å². The lowest BCUT2D eigenvalue weighted by atomic mass is 9.68. The van der Waals surface area contributed by atoms with E-state index < -0.39 is 5.41 Å². The second kappa shape index (κ2) is 5.45. The zero-order chi connectivity index (χ0) is 16.7. The van der Waals surface area contributed by atoms with Gasteiger partial charge in [-0.25, -0.2) is 0 Å². The van der Waals surface area contributed by atoms with E-state index in [1.165, 1.54) is 7.11 Å². The first-order valence-electron chi connectivity index (χ1n) is 8.17. The molecule has 0 amide bonds. The molecule has 2 aromatic rings. The van der Waals surface area contributed by atoms with Crippen molar-refractivity contribution in [1.82, 2.24) is 0 Å². The van der Waals surface area contributed by atoms with Gasteiger partial charge >= 0.3 is 5.97 Å². The maximum atomic E-state index is 12.8. The highest BCUT2D eigenvalue weighted by Gasteiger charge is 2.53. The van der Waals surface area contributed by atoms with Gasteiger partial charge in [0.2, 0.25) is 0 Å². The predicted octanol–water partition coefficient (Wildman–Crippen LogP) is 3.68. The van der Waals surface area contributed by atoms with Crippen molar-refractivity contribution in [3.05, 3.63) is 71.3 Å². The minimum atomic E-state index is -0.739. The van der Waals surface area contributed by atoms with Crippen molar-refractivity contribution in [1.29, 1.82) is 0 Å². The normalized spacial score (nSPS) is 22.1. The van der Waals surface area contributed by atoms with E-state index in [0.717, 1.165) is 22.3 Å². The maximum Gasteiger partial charge on any atom is 0.316 e. The summed E-state index contributed by atoms with van der Waals surface area (Å²) in [6.07, 6.45) is 1.49. The van der Waals surface area contributed by atoms with Crippen LogP contribution in [0.15, 0.2) is 54.6 Å². The maximum absolute atomic E-state index is 12.8. The lowest BCUT2D eigenvalue weighted by Gasteiger charge is -2.33. The summed E-state index contributed by atoms with van der Waals surface area (Å²) in [5.41, 5.74) is 3.79. The third-order valence-electron chi connectivity index (χ3n) is 5.20. The van der Waals surface area contributed by atoms with Gasteiger partial charge in [0.1, 0.15) is 0 Å². The SMILES string of the molecule is COC(=O)C12CCC(=O)C(c3ccccc3)=C1c1ccccc1C2. The number of rotatable bonds is 2. The molecule has 24 heavy (non-hydrogen) atoms. The number of fused-ring (bicyclic) bond motifs is 3. The zero-order valence-corrected chi connectivity index (χ0v) is 13.5. The van der Waals surface area contributed by atoms with Gasteiger partial charge in [0.15, 0.2) is 5.78 Å².